The maximum absolute atomic E-state index is 13.7. The number of halogens is 3. The fourth-order valence-corrected chi connectivity index (χ4v) is 4.77. The Morgan fingerprint density at radius 3 is 2.58 bits per heavy atom. The van der Waals surface area contributed by atoms with Crippen LogP contribution in [-0.2, 0) is 25.8 Å². The third-order valence-electron chi connectivity index (χ3n) is 5.88. The van der Waals surface area contributed by atoms with Crippen LogP contribution >= 0.6 is 0 Å². The Hall–Kier alpha value is -2.19. The Labute approximate surface area is 195 Å². The first kappa shape index (κ1) is 25.4. The molecule has 2 amide bonds. The van der Waals surface area contributed by atoms with Gasteiger partial charge in [0.05, 0.1) is 12.6 Å². The van der Waals surface area contributed by atoms with Gasteiger partial charge in [0.1, 0.15) is 23.3 Å². The van der Waals surface area contributed by atoms with Gasteiger partial charge < -0.3 is 9.64 Å². The van der Waals surface area contributed by atoms with E-state index in [4.69, 9.17) is 8.92 Å². The van der Waals surface area contributed by atoms with Crippen molar-refractivity contribution in [3.8, 4) is 6.07 Å². The summed E-state index contributed by atoms with van der Waals surface area (Å²) in [4.78, 5) is 29.7. The van der Waals surface area contributed by atoms with Crippen LogP contribution in [0.5, 0.6) is 0 Å². The lowest BCUT2D eigenvalue weighted by Gasteiger charge is -2.47. The molecule has 11 heteroatoms. The fourth-order valence-electron chi connectivity index (χ4n) is 4.37. The number of nitriles is 1. The number of fused-ring (bicyclic) bond motifs is 1. The number of thiol groups is 1. The van der Waals surface area contributed by atoms with Crippen LogP contribution in [0, 0.1) is 11.3 Å². The Bertz CT molecular complexity index is 906. The lowest BCUT2D eigenvalue weighted by molar-refractivity contribution is -0.143. The van der Waals surface area contributed by atoms with Crippen LogP contribution in [0.3, 0.4) is 0 Å². The third kappa shape index (κ3) is 5.84. The van der Waals surface area contributed by atoms with E-state index in [0.29, 0.717) is 25.0 Å². The first-order valence-electron chi connectivity index (χ1n) is 10.8. The van der Waals surface area contributed by atoms with Crippen molar-refractivity contribution in [2.45, 2.75) is 82.2 Å². The fraction of sp³-hybridized carbons (Fsp3) is 0.682. The smallest absolute Gasteiger partial charge is 0.444 e. The number of carbonyl (C=O) groups excluding carboxylic acids is 2. The predicted octanol–water partition coefficient (Wildman–Crippen LogP) is 3.79. The molecule has 2 fully saturated rings. The molecular weight excluding hydrogens is 459 g/mol. The van der Waals surface area contributed by atoms with Crippen LogP contribution in [0.25, 0.3) is 0 Å². The van der Waals surface area contributed by atoms with E-state index in [1.54, 1.807) is 39.8 Å². The number of likely N-dealkylation sites (tertiary alicyclic amines) is 2. The number of hydrogen-bond acceptors (Lipinski definition) is 5. The molecule has 7 nitrogen and oxygen atoms in total. The lowest BCUT2D eigenvalue weighted by atomic mass is 9.79. The molecule has 0 N–H and O–H groups in total. The number of hydrogen-bond donors (Lipinski definition) is 0. The third-order valence-corrected chi connectivity index (χ3v) is 6.47. The molecule has 3 rings (SSSR count). The predicted molar refractivity (Wildman–Crippen MR) is 117 cm³/mol. The molecule has 3 aliphatic rings. The summed E-state index contributed by atoms with van der Waals surface area (Å²) in [5.74, 6) is -0.327. The molecule has 0 bridgehead atoms. The van der Waals surface area contributed by atoms with Crippen molar-refractivity contribution in [3.05, 3.63) is 23.3 Å². The molecule has 0 aromatic rings. The highest BCUT2D eigenvalue weighted by atomic mass is 32.2. The Morgan fingerprint density at radius 2 is 1.97 bits per heavy atom. The van der Waals surface area contributed by atoms with Gasteiger partial charge in [-0.15, -0.1) is 13.2 Å². The average Bonchev–Trinajstić information content (AvgIpc) is 3.18. The van der Waals surface area contributed by atoms with Crippen LogP contribution in [0.4, 0.5) is 18.0 Å². The van der Waals surface area contributed by atoms with Crippen LogP contribution in [-0.4, -0.2) is 63.7 Å². The molecule has 182 valence electrons. The molecule has 3 atom stereocenters. The van der Waals surface area contributed by atoms with E-state index in [0.717, 1.165) is 5.57 Å². The van der Waals surface area contributed by atoms with Gasteiger partial charge in [0.25, 0.3) is 0 Å². The second-order valence-electron chi connectivity index (χ2n) is 9.66. The topological polar surface area (TPSA) is 82.9 Å². The Kier molecular flexibility index (Phi) is 7.10. The maximum atomic E-state index is 13.7. The van der Waals surface area contributed by atoms with Gasteiger partial charge in [0, 0.05) is 19.4 Å². The molecule has 2 aliphatic heterocycles. The average molecular weight is 489 g/mol. The molecule has 0 radical (unpaired) electrons. The van der Waals surface area contributed by atoms with Crippen LogP contribution < -0.4 is 0 Å². The highest BCUT2D eigenvalue weighted by Crippen LogP contribution is 2.40. The monoisotopic (exact) mass is 488 g/mol. The second-order valence-corrected chi connectivity index (χ2v) is 10.6. The lowest BCUT2D eigenvalue weighted by Crippen LogP contribution is -2.63. The summed E-state index contributed by atoms with van der Waals surface area (Å²) in [5.41, 5.74) is -5.13. The molecule has 2 heterocycles. The van der Waals surface area contributed by atoms with Crippen molar-refractivity contribution in [1.82, 2.24) is 9.80 Å². The van der Waals surface area contributed by atoms with E-state index in [1.807, 2.05) is 0 Å². The van der Waals surface area contributed by atoms with E-state index in [2.05, 4.69) is 6.07 Å². The normalized spacial score (nSPS) is 27.9. The van der Waals surface area contributed by atoms with Crippen molar-refractivity contribution >= 4 is 24.0 Å². The maximum Gasteiger partial charge on any atom is 0.606 e. The van der Waals surface area contributed by atoms with Crippen LogP contribution in [0.1, 0.15) is 53.4 Å². The molecule has 0 spiro atoms. The van der Waals surface area contributed by atoms with E-state index in [-0.39, 0.29) is 25.3 Å². The van der Waals surface area contributed by atoms with E-state index in [9.17, 15) is 28.0 Å². The molecule has 2 unspecified atom stereocenters. The number of piperidine rings is 1. The number of amides is 2. The van der Waals surface area contributed by atoms with E-state index < -0.39 is 46.9 Å². The summed E-state index contributed by atoms with van der Waals surface area (Å²) in [6, 6.07) is 1.61. The molecule has 1 aliphatic carbocycles. The zero-order valence-corrected chi connectivity index (χ0v) is 20.0. The number of ether oxygens (including phenoxy) is 1. The van der Waals surface area contributed by atoms with Crippen molar-refractivity contribution in [2.24, 2.45) is 0 Å². The van der Waals surface area contributed by atoms with Crippen molar-refractivity contribution in [3.63, 3.8) is 0 Å². The minimum Gasteiger partial charge on any atom is -0.444 e. The summed E-state index contributed by atoms with van der Waals surface area (Å²) >= 11 is -1.09. The SMILES string of the molecule is CC(C)(C)OC(=O)N1CC2=CC(O[SH+]C(F)(F)F)CC=C2CC1(C)C(=O)N1CCC[C@H]1C#N. The molecule has 0 aromatic heterocycles. The minimum absolute atomic E-state index is 0.00316. The highest BCUT2D eigenvalue weighted by molar-refractivity contribution is 7.74. The Morgan fingerprint density at radius 1 is 1.27 bits per heavy atom. The van der Waals surface area contributed by atoms with Gasteiger partial charge in [-0.25, -0.2) is 4.79 Å². The summed E-state index contributed by atoms with van der Waals surface area (Å²) in [7, 11) is 0. The van der Waals surface area contributed by atoms with Gasteiger partial charge in [0.15, 0.2) is 0 Å². The van der Waals surface area contributed by atoms with Crippen LogP contribution in [0.2, 0.25) is 0 Å². The van der Waals surface area contributed by atoms with Gasteiger partial charge in [-0.2, -0.15) is 9.44 Å². The highest BCUT2D eigenvalue weighted by Gasteiger charge is 2.52. The van der Waals surface area contributed by atoms with E-state index in [1.165, 1.54) is 9.80 Å². The number of alkyl halides is 3. The molecule has 33 heavy (non-hydrogen) atoms. The Balaban J connectivity index is 1.90. The zero-order chi connectivity index (χ0) is 24.6. The second kappa shape index (κ2) is 9.22. The van der Waals surface area contributed by atoms with Gasteiger partial charge in [0.2, 0.25) is 17.9 Å². The molecule has 0 saturated carbocycles. The van der Waals surface area contributed by atoms with Crippen molar-refractivity contribution in [1.29, 1.82) is 5.26 Å². The van der Waals surface area contributed by atoms with Crippen molar-refractivity contribution in [2.75, 3.05) is 13.1 Å². The first-order valence-corrected chi connectivity index (χ1v) is 11.6. The summed E-state index contributed by atoms with van der Waals surface area (Å²) in [5, 5.41) is 9.46. The summed E-state index contributed by atoms with van der Waals surface area (Å²) in [6.07, 6.45) is 3.59. The van der Waals surface area contributed by atoms with Crippen LogP contribution in [0.15, 0.2) is 23.3 Å². The molecule has 0 aromatic carbocycles. The largest absolute Gasteiger partial charge is 0.606 e. The minimum atomic E-state index is -4.46. The van der Waals surface area contributed by atoms with E-state index >= 15 is 0 Å². The summed E-state index contributed by atoms with van der Waals surface area (Å²) < 4.78 is 48.2. The standard InChI is InChI=1S/C22H28F3N3O4S/c1-20(2,3)31-19(30)28-13-15-10-17(32-33-22(23,24)25)8-7-14(15)11-21(28,4)18(29)27-9-5-6-16(27)12-26/h7,10,16-17H,5-6,8-9,11,13H2,1-4H3/p+1/t16-,17?,21?/m0/s1. The quantitative estimate of drug-likeness (QED) is 0.446. The summed E-state index contributed by atoms with van der Waals surface area (Å²) in [6.45, 7) is 7.23. The number of rotatable bonds is 3. The first-order chi connectivity index (χ1) is 15.2. The molecule has 2 saturated heterocycles. The van der Waals surface area contributed by atoms with Crippen molar-refractivity contribution < 1.29 is 31.7 Å². The molecular formula is C22H29F3N3O4S+. The van der Waals surface area contributed by atoms with Gasteiger partial charge >= 0.3 is 11.6 Å². The van der Waals surface area contributed by atoms with Gasteiger partial charge in [-0.3, -0.25) is 9.69 Å². The number of carbonyl (C=O) groups is 2. The van der Waals surface area contributed by atoms with Gasteiger partial charge in [-0.1, -0.05) is 6.08 Å². The number of nitrogens with zero attached hydrogens (tertiary/aromatic N) is 3. The zero-order valence-electron chi connectivity index (χ0n) is 19.1. The van der Waals surface area contributed by atoms with Gasteiger partial charge in [-0.05, 0) is 57.8 Å².